The second kappa shape index (κ2) is 17.0. The molecule has 4 heterocycles. The molecule has 2 atom stereocenters. The van der Waals surface area contributed by atoms with E-state index < -0.39 is 59.1 Å². The molecule has 6 aromatic carbocycles. The number of alkyl halides is 2. The van der Waals surface area contributed by atoms with E-state index >= 15 is 0 Å². The van der Waals surface area contributed by atoms with E-state index in [4.69, 9.17) is 19.1 Å². The molecule has 0 radical (unpaired) electrons. The third-order valence-corrected chi connectivity index (χ3v) is 15.7. The van der Waals surface area contributed by atoms with Crippen LogP contribution in [0.4, 0.5) is 38.9 Å². The number of amides is 4. The zero-order valence-corrected chi connectivity index (χ0v) is 40.3. The molecule has 6 N–H and O–H groups in total. The number of rotatable bonds is 10. The second-order valence-electron chi connectivity index (χ2n) is 16.5. The van der Waals surface area contributed by atoms with Gasteiger partial charge in [0.15, 0.2) is 11.5 Å². The van der Waals surface area contributed by atoms with Crippen LogP contribution in [0.1, 0.15) is 44.1 Å². The van der Waals surface area contributed by atoms with Crippen LogP contribution in [0.5, 0.6) is 0 Å². The van der Waals surface area contributed by atoms with Gasteiger partial charge in [-0.05, 0) is 94.7 Å². The minimum absolute atomic E-state index is 0.0568. The number of nitrogens with one attached hydrogen (secondary N) is 2. The minimum Gasteiger partial charge on any atom is -0.451 e. The number of furan rings is 2. The van der Waals surface area contributed by atoms with Crippen LogP contribution in [0.15, 0.2) is 116 Å². The Morgan fingerprint density at radius 1 is 0.600 bits per heavy atom. The highest BCUT2D eigenvalue weighted by atomic mass is 79.9. The maximum atomic E-state index is 14.1. The van der Waals surface area contributed by atoms with Gasteiger partial charge in [0.2, 0.25) is 20.0 Å². The van der Waals surface area contributed by atoms with Gasteiger partial charge >= 0.3 is 6.03 Å². The van der Waals surface area contributed by atoms with Crippen LogP contribution in [-0.2, 0) is 20.0 Å². The lowest BCUT2D eigenvalue weighted by Crippen LogP contribution is -2.29. The smallest absolute Gasteiger partial charge is 0.323 e. The van der Waals surface area contributed by atoms with Crippen LogP contribution < -0.4 is 30.7 Å². The number of fused-ring (bicyclic) bond motifs is 8. The molecule has 10 rings (SSSR count). The van der Waals surface area contributed by atoms with Gasteiger partial charge in [-0.15, -0.1) is 0 Å². The Labute approximate surface area is 411 Å². The first-order valence-electron chi connectivity index (χ1n) is 20.7. The van der Waals surface area contributed by atoms with E-state index in [-0.39, 0.29) is 68.4 Å². The van der Waals surface area contributed by atoms with Gasteiger partial charge in [0.05, 0.1) is 41.8 Å². The Balaban J connectivity index is 0.864. The molecule has 2 aliphatic heterocycles. The fourth-order valence-corrected chi connectivity index (χ4v) is 11.4. The van der Waals surface area contributed by atoms with Crippen LogP contribution in [0.25, 0.3) is 43.5 Å². The highest BCUT2D eigenvalue weighted by Gasteiger charge is 2.39. The van der Waals surface area contributed by atoms with Crippen molar-refractivity contribution in [2.45, 2.75) is 21.6 Å². The maximum absolute atomic E-state index is 14.1. The molecule has 0 saturated carbocycles. The lowest BCUT2D eigenvalue weighted by Gasteiger charge is -2.16. The lowest BCUT2D eigenvalue weighted by atomic mass is 9.95. The number of benzene rings is 6. The summed E-state index contributed by atoms with van der Waals surface area (Å²) in [5.74, 6) is -1.98. The number of carbonyl (C=O) groups excluding carboxylic acids is 3. The van der Waals surface area contributed by atoms with Gasteiger partial charge in [0.25, 0.3) is 23.2 Å². The number of anilines is 4. The molecule has 2 aromatic heterocycles. The summed E-state index contributed by atoms with van der Waals surface area (Å²) in [5.41, 5.74) is 2.20. The molecule has 4 amide bonds. The van der Waals surface area contributed by atoms with Crippen molar-refractivity contribution in [3.63, 3.8) is 0 Å². The number of halogens is 2. The summed E-state index contributed by atoms with van der Waals surface area (Å²) in [6.07, 6.45) is 0. The van der Waals surface area contributed by atoms with E-state index in [1.165, 1.54) is 58.3 Å². The molecule has 0 spiro atoms. The van der Waals surface area contributed by atoms with E-state index in [1.54, 1.807) is 36.4 Å². The number of carbonyl (C=O) groups is 3. The average Bonchev–Trinajstić information content (AvgIpc) is 4.12. The standard InChI is InChI=1S/C45H32Br2N8O13S2/c46-17-23-19-52(35-15-33(54(59)60)31-13-27(69(48,63)64)3-5-29(31)41(23)35)43(56)39-11-21-9-25(1-7-37(21)67-39)50-45(58)51-26-2-8-38-22(10-26)12-40(68-38)44(57)53-20-24(18-47)42-30-6-4-28(70(49,65)66)14-32(30)34(55(61)62)16-36(42)53/h1-16,23-24H,17-20H2,(H2,48,63,64)(H2,49,65,66)(H2,50,51,58). The van der Waals surface area contributed by atoms with E-state index in [2.05, 4.69) is 42.5 Å². The van der Waals surface area contributed by atoms with Crippen molar-refractivity contribution in [1.29, 1.82) is 0 Å². The molecule has 2 aliphatic rings. The molecular formula is C45H32Br2N8O13S2. The summed E-state index contributed by atoms with van der Waals surface area (Å²) in [7, 11) is -8.34. The number of nitro groups is 2. The Hall–Kier alpha value is -7.29. The van der Waals surface area contributed by atoms with Gasteiger partial charge in [-0.25, -0.2) is 31.9 Å². The van der Waals surface area contributed by atoms with Crippen molar-refractivity contribution in [1.82, 2.24) is 0 Å². The van der Waals surface area contributed by atoms with Crippen LogP contribution >= 0.6 is 31.9 Å². The van der Waals surface area contributed by atoms with Crippen LogP contribution in [0, 0.1) is 20.2 Å². The van der Waals surface area contributed by atoms with Crippen LogP contribution in [0.3, 0.4) is 0 Å². The summed E-state index contributed by atoms with van der Waals surface area (Å²) in [5, 5.41) is 43.2. The number of non-ortho nitro benzene ring substituents is 2. The number of nitrogens with two attached hydrogens (primary N) is 2. The molecule has 0 bridgehead atoms. The first-order valence-corrected chi connectivity index (χ1v) is 26.0. The summed E-state index contributed by atoms with van der Waals surface area (Å²) >= 11 is 6.97. The maximum Gasteiger partial charge on any atom is 0.323 e. The summed E-state index contributed by atoms with van der Waals surface area (Å²) < 4.78 is 60.3. The van der Waals surface area contributed by atoms with Crippen LogP contribution in [-0.4, -0.2) is 68.3 Å². The van der Waals surface area contributed by atoms with E-state index in [0.29, 0.717) is 65.9 Å². The molecular weight excluding hydrogens is 1080 g/mol. The van der Waals surface area contributed by atoms with Gasteiger partial charge < -0.3 is 29.3 Å². The Morgan fingerprint density at radius 2 is 1.00 bits per heavy atom. The van der Waals surface area contributed by atoms with Crippen molar-refractivity contribution >= 4 is 147 Å². The molecule has 0 aliphatic carbocycles. The first kappa shape index (κ1) is 46.4. The van der Waals surface area contributed by atoms with Crippen LogP contribution in [0.2, 0.25) is 0 Å². The number of nitrogens with zero attached hydrogens (tertiary/aromatic N) is 4. The van der Waals surface area contributed by atoms with Gasteiger partial charge in [-0.3, -0.25) is 29.8 Å². The summed E-state index contributed by atoms with van der Waals surface area (Å²) in [6.45, 7) is 0.257. The number of nitro benzene ring substituents is 2. The normalized spacial score (nSPS) is 15.7. The number of primary sulfonamides is 2. The SMILES string of the molecule is NS(=O)(=O)c1ccc2c3c(cc([N+](=O)[O-])c2c1)N(C(=O)c1cc2cc(NC(=O)Nc4ccc5oc(C(=O)N6CC(CBr)c7c6cc([N+](=O)[O-])c6cc(S(N)(=O)=O)ccc76)cc5c4)ccc2o1)CC3CBr. The minimum atomic E-state index is -4.17. The Kier molecular flexibility index (Phi) is 11.3. The summed E-state index contributed by atoms with van der Waals surface area (Å²) in [6, 6.07) is 21.9. The fourth-order valence-electron chi connectivity index (χ4n) is 9.22. The van der Waals surface area contributed by atoms with Gasteiger partial charge in [0, 0.05) is 69.9 Å². The zero-order chi connectivity index (χ0) is 49.7. The summed E-state index contributed by atoms with van der Waals surface area (Å²) in [4.78, 5) is 66.8. The molecule has 356 valence electrons. The molecule has 2 unspecified atom stereocenters. The van der Waals surface area contributed by atoms with Crippen molar-refractivity contribution in [2.24, 2.45) is 10.3 Å². The van der Waals surface area contributed by atoms with Crippen molar-refractivity contribution in [3.8, 4) is 0 Å². The molecule has 0 fully saturated rings. The van der Waals surface area contributed by atoms with Crippen molar-refractivity contribution < 1.29 is 49.9 Å². The van der Waals surface area contributed by atoms with Crippen molar-refractivity contribution in [3.05, 3.63) is 140 Å². The monoisotopic (exact) mass is 1110 g/mol. The molecule has 25 heteroatoms. The van der Waals surface area contributed by atoms with Crippen molar-refractivity contribution in [2.75, 3.05) is 44.2 Å². The van der Waals surface area contributed by atoms with Gasteiger partial charge in [0.1, 0.15) is 11.2 Å². The third kappa shape index (κ3) is 7.98. The lowest BCUT2D eigenvalue weighted by molar-refractivity contribution is -0.383. The highest BCUT2D eigenvalue weighted by molar-refractivity contribution is 9.09. The third-order valence-electron chi connectivity index (χ3n) is 12.3. The van der Waals surface area contributed by atoms with E-state index in [9.17, 15) is 51.4 Å². The Bertz CT molecular complexity index is 3650. The number of urea groups is 1. The topological polar surface area (TPSA) is 315 Å². The van der Waals surface area contributed by atoms with E-state index in [1.807, 2.05) is 0 Å². The largest absolute Gasteiger partial charge is 0.451 e. The predicted molar refractivity (Wildman–Crippen MR) is 265 cm³/mol. The quantitative estimate of drug-likeness (QED) is 0.0567. The molecule has 8 aromatic rings. The molecule has 21 nitrogen and oxygen atoms in total. The average molecular weight is 1120 g/mol. The van der Waals surface area contributed by atoms with E-state index in [0.717, 1.165) is 12.1 Å². The highest BCUT2D eigenvalue weighted by Crippen LogP contribution is 2.48. The predicted octanol–water partition coefficient (Wildman–Crippen LogP) is 8.52. The zero-order valence-electron chi connectivity index (χ0n) is 35.5. The number of sulfonamides is 2. The van der Waals surface area contributed by atoms with Gasteiger partial charge in [-0.2, -0.15) is 0 Å². The molecule has 70 heavy (non-hydrogen) atoms. The Morgan fingerprint density at radius 3 is 1.36 bits per heavy atom. The first-order chi connectivity index (χ1) is 33.2. The second-order valence-corrected chi connectivity index (χ2v) is 20.9. The molecule has 0 saturated heterocycles. The fraction of sp³-hybridized carbons (Fsp3) is 0.133. The van der Waals surface area contributed by atoms with Gasteiger partial charge in [-0.1, -0.05) is 44.0 Å². The number of hydrogen-bond donors (Lipinski definition) is 4. The number of hydrogen-bond acceptors (Lipinski definition) is 13.